The molecule has 0 unspecified atom stereocenters. The SMILES string of the molecule is CC(C)(C)c1ccc(N2c3cc(C(C)(C)C)cc4c3B(c3oc5c(C(C)(C)C)cc(C(C)(C)C)cc5c32)n2c3ccc(C(C)(C)C)cc3c3c(Cl)ccc-4c32)cc1. The van der Waals surface area contributed by atoms with Crippen molar-refractivity contribution in [2.24, 2.45) is 0 Å². The van der Waals surface area contributed by atoms with Gasteiger partial charge in [-0.25, -0.2) is 0 Å². The molecule has 2 aliphatic rings. The number of furan rings is 1. The van der Waals surface area contributed by atoms with Crippen molar-refractivity contribution in [2.45, 2.75) is 131 Å². The van der Waals surface area contributed by atoms with Crippen molar-refractivity contribution in [1.82, 2.24) is 4.48 Å². The third-order valence-electron chi connectivity index (χ3n) is 12.8. The molecule has 0 saturated heterocycles. The highest BCUT2D eigenvalue weighted by Gasteiger charge is 2.48. The predicted molar refractivity (Wildman–Crippen MR) is 248 cm³/mol. The summed E-state index contributed by atoms with van der Waals surface area (Å²) in [4.78, 5) is 2.54. The summed E-state index contributed by atoms with van der Waals surface area (Å²) < 4.78 is 10.1. The van der Waals surface area contributed by atoms with E-state index >= 15 is 0 Å². The zero-order chi connectivity index (χ0) is 41.1. The highest BCUT2D eigenvalue weighted by molar-refractivity contribution is 6.89. The molecule has 292 valence electrons. The summed E-state index contributed by atoms with van der Waals surface area (Å²) in [5.41, 5.74) is 17.7. The fraction of sp³-hybridized carbons (Fsp3) is 0.385. The van der Waals surface area contributed by atoms with Gasteiger partial charge in [-0.15, -0.1) is 0 Å². The molecule has 0 bridgehead atoms. The Balaban J connectivity index is 1.51. The summed E-state index contributed by atoms with van der Waals surface area (Å²) in [7, 11) is 0. The van der Waals surface area contributed by atoms with E-state index in [4.69, 9.17) is 16.0 Å². The molecule has 0 saturated carbocycles. The van der Waals surface area contributed by atoms with Crippen molar-refractivity contribution >= 4 is 79.4 Å². The normalized spacial score (nSPS) is 14.6. The average molecular weight is 773 g/mol. The first-order valence-electron chi connectivity index (χ1n) is 20.8. The molecular formula is C52H58BClN2O. The van der Waals surface area contributed by atoms with Gasteiger partial charge in [-0.3, -0.25) is 0 Å². The quantitative estimate of drug-likeness (QED) is 0.155. The molecule has 7 aromatic rings. The van der Waals surface area contributed by atoms with E-state index in [1.54, 1.807) is 0 Å². The Kier molecular flexibility index (Phi) is 7.92. The summed E-state index contributed by atoms with van der Waals surface area (Å²) in [5, 5.41) is 4.25. The van der Waals surface area contributed by atoms with Crippen LogP contribution in [-0.4, -0.2) is 11.3 Å². The third kappa shape index (κ3) is 5.67. The van der Waals surface area contributed by atoms with Crippen LogP contribution in [0.5, 0.6) is 0 Å². The molecule has 57 heavy (non-hydrogen) atoms. The van der Waals surface area contributed by atoms with Gasteiger partial charge in [0.15, 0.2) is 0 Å². The van der Waals surface area contributed by atoms with Crippen molar-refractivity contribution in [2.75, 3.05) is 4.90 Å². The topological polar surface area (TPSA) is 21.3 Å². The Morgan fingerprint density at radius 2 is 1.12 bits per heavy atom. The molecule has 2 aliphatic heterocycles. The maximum Gasteiger partial charge on any atom is 0.375 e. The van der Waals surface area contributed by atoms with Crippen LogP contribution in [0.25, 0.3) is 43.9 Å². The molecule has 0 spiro atoms. The van der Waals surface area contributed by atoms with Gasteiger partial charge in [0, 0.05) is 49.7 Å². The second kappa shape index (κ2) is 11.8. The molecule has 5 aromatic carbocycles. The number of rotatable bonds is 1. The highest BCUT2D eigenvalue weighted by Crippen LogP contribution is 2.51. The van der Waals surface area contributed by atoms with Crippen molar-refractivity contribution in [3.8, 4) is 11.1 Å². The summed E-state index contributed by atoms with van der Waals surface area (Å²) in [5.74, 6) is 0. The number of halogens is 1. The Morgan fingerprint density at radius 1 is 0.544 bits per heavy atom. The molecule has 0 aliphatic carbocycles. The van der Waals surface area contributed by atoms with Gasteiger partial charge < -0.3 is 13.8 Å². The fourth-order valence-corrected chi connectivity index (χ4v) is 9.60. The lowest BCUT2D eigenvalue weighted by molar-refractivity contribution is 0.557. The number of nitrogens with zero attached hydrogens (tertiary/aromatic N) is 2. The van der Waals surface area contributed by atoms with E-state index in [2.05, 4.69) is 192 Å². The molecule has 3 nitrogen and oxygen atoms in total. The van der Waals surface area contributed by atoms with Crippen LogP contribution in [0.3, 0.4) is 0 Å². The summed E-state index contributed by atoms with van der Waals surface area (Å²) in [6.45, 7) is 34.4. The van der Waals surface area contributed by atoms with Crippen molar-refractivity contribution in [3.63, 3.8) is 0 Å². The van der Waals surface area contributed by atoms with E-state index in [1.165, 1.54) is 66.5 Å². The van der Waals surface area contributed by atoms with E-state index in [0.717, 1.165) is 38.4 Å². The number of fused-ring (bicyclic) bond motifs is 9. The van der Waals surface area contributed by atoms with Crippen LogP contribution in [0.2, 0.25) is 5.02 Å². The van der Waals surface area contributed by atoms with Crippen molar-refractivity contribution < 1.29 is 4.42 Å². The molecule has 4 heterocycles. The van der Waals surface area contributed by atoms with Crippen LogP contribution < -0.4 is 16.0 Å². The fourth-order valence-electron chi connectivity index (χ4n) is 9.35. The number of aromatic nitrogens is 1. The van der Waals surface area contributed by atoms with Crippen LogP contribution in [0.4, 0.5) is 17.1 Å². The van der Waals surface area contributed by atoms with E-state index in [-0.39, 0.29) is 33.9 Å². The van der Waals surface area contributed by atoms with Gasteiger partial charge in [0.25, 0.3) is 0 Å². The molecule has 5 heteroatoms. The average Bonchev–Trinajstić information content (AvgIpc) is 3.65. The van der Waals surface area contributed by atoms with Crippen LogP contribution in [-0.2, 0) is 27.1 Å². The minimum Gasteiger partial charge on any atom is -0.466 e. The Labute approximate surface area is 345 Å². The largest absolute Gasteiger partial charge is 0.466 e. The molecule has 0 atom stereocenters. The standard InChI is InChI=1S/C52H58BClN2O/c1-48(2,3)29-16-19-33(20-17-29)55-41-28-32(51(10,11)12)25-35-34-21-22-39(54)42-36-24-30(49(4,5)6)18-23-40(36)56(44(34)42)53(43(35)41)47-45(55)37-26-31(50(7,8)9)27-38(46(37)57-47)52(13,14)15/h16-28H,1-15H3. The molecule has 0 radical (unpaired) electrons. The molecule has 0 fully saturated rings. The highest BCUT2D eigenvalue weighted by atomic mass is 35.5. The molecule has 2 aromatic heterocycles. The van der Waals surface area contributed by atoms with Crippen LogP contribution >= 0.6 is 11.6 Å². The second-order valence-corrected chi connectivity index (χ2v) is 22.5. The van der Waals surface area contributed by atoms with Crippen LogP contribution in [0.1, 0.15) is 132 Å². The van der Waals surface area contributed by atoms with Crippen LogP contribution in [0.15, 0.2) is 83.3 Å². The van der Waals surface area contributed by atoms with Gasteiger partial charge in [0.05, 0.1) is 10.7 Å². The first-order chi connectivity index (χ1) is 26.4. The smallest absolute Gasteiger partial charge is 0.375 e. The lowest BCUT2D eigenvalue weighted by Gasteiger charge is -2.39. The van der Waals surface area contributed by atoms with E-state index in [1.807, 2.05) is 0 Å². The molecule has 0 N–H and O–H groups in total. The number of benzene rings is 5. The lowest BCUT2D eigenvalue weighted by Crippen LogP contribution is -2.56. The minimum absolute atomic E-state index is 0.0154. The van der Waals surface area contributed by atoms with Gasteiger partial charge >= 0.3 is 6.85 Å². The number of anilines is 3. The number of hydrogen-bond acceptors (Lipinski definition) is 2. The Morgan fingerprint density at radius 3 is 1.72 bits per heavy atom. The molecular weight excluding hydrogens is 715 g/mol. The van der Waals surface area contributed by atoms with E-state index in [0.29, 0.717) is 0 Å². The third-order valence-corrected chi connectivity index (χ3v) is 13.1. The van der Waals surface area contributed by atoms with Crippen LogP contribution in [0, 0.1) is 0 Å². The van der Waals surface area contributed by atoms with Gasteiger partial charge in [0.2, 0.25) is 0 Å². The molecule has 9 rings (SSSR count). The van der Waals surface area contributed by atoms with E-state index in [9.17, 15) is 0 Å². The second-order valence-electron chi connectivity index (χ2n) is 22.1. The first kappa shape index (κ1) is 38.1. The van der Waals surface area contributed by atoms with E-state index < -0.39 is 0 Å². The maximum absolute atomic E-state index is 7.57. The summed E-state index contributed by atoms with van der Waals surface area (Å²) in [6, 6.07) is 30.5. The maximum atomic E-state index is 7.57. The molecule has 0 amide bonds. The summed E-state index contributed by atoms with van der Waals surface area (Å²) in [6.07, 6.45) is 0. The van der Waals surface area contributed by atoms with Gasteiger partial charge in [-0.2, -0.15) is 0 Å². The Hall–Kier alpha value is -4.41. The zero-order valence-electron chi connectivity index (χ0n) is 36.8. The van der Waals surface area contributed by atoms with Crippen molar-refractivity contribution in [1.29, 1.82) is 0 Å². The Bertz CT molecular complexity index is 2820. The minimum atomic E-state index is -0.214. The predicted octanol–water partition coefficient (Wildman–Crippen LogP) is 14.1. The number of hydrogen-bond donors (Lipinski definition) is 0. The van der Waals surface area contributed by atoms with Gasteiger partial charge in [-0.1, -0.05) is 152 Å². The zero-order valence-corrected chi connectivity index (χ0v) is 37.5. The summed E-state index contributed by atoms with van der Waals surface area (Å²) >= 11 is 7.33. The monoisotopic (exact) mass is 772 g/mol. The van der Waals surface area contributed by atoms with Crippen molar-refractivity contribution in [3.05, 3.63) is 112 Å². The first-order valence-corrected chi connectivity index (χ1v) is 21.2. The lowest BCUT2D eigenvalue weighted by atomic mass is 9.47. The van der Waals surface area contributed by atoms with Gasteiger partial charge in [0.1, 0.15) is 11.2 Å². The van der Waals surface area contributed by atoms with Gasteiger partial charge in [-0.05, 0) is 103 Å².